The van der Waals surface area contributed by atoms with E-state index in [1.165, 1.54) is 99.1 Å². The second kappa shape index (κ2) is 18.9. The van der Waals surface area contributed by atoms with Gasteiger partial charge in [-0.2, -0.15) is 0 Å². The average Bonchev–Trinajstić information content (AvgIpc) is 3.26. The molecule has 0 fully saturated rings. The lowest BCUT2D eigenvalue weighted by Crippen LogP contribution is -2.20. The number of methoxy groups -OCH3 is 2. The summed E-state index contributed by atoms with van der Waals surface area (Å²) in [4.78, 5) is 93.6. The van der Waals surface area contributed by atoms with Crippen LogP contribution in [-0.4, -0.2) is 69.8 Å². The molecule has 18 heteroatoms. The third kappa shape index (κ3) is 10.6. The number of ether oxygens (including phenoxy) is 3. The van der Waals surface area contributed by atoms with Gasteiger partial charge in [0.2, 0.25) is 0 Å². The van der Waals surface area contributed by atoms with E-state index in [1.54, 1.807) is 6.07 Å². The number of hydrogen-bond acceptors (Lipinski definition) is 13. The monoisotopic (exact) mass is 795 g/mol. The van der Waals surface area contributed by atoms with Crippen molar-refractivity contribution in [3.05, 3.63) is 155 Å². The number of amides is 5. The van der Waals surface area contributed by atoms with Crippen molar-refractivity contribution in [3.8, 4) is 5.75 Å². The van der Waals surface area contributed by atoms with Crippen LogP contribution in [0.15, 0.2) is 121 Å². The number of nitrogens with one attached hydrogen (secondary N) is 5. The number of anilines is 5. The highest BCUT2D eigenvalue weighted by atomic mass is 16.5. The van der Waals surface area contributed by atoms with Crippen molar-refractivity contribution in [1.29, 1.82) is 0 Å². The Hall–Kier alpha value is -8.54. The number of carbonyl (C=O) groups excluding carboxylic acids is 6. The molecule has 18 nitrogen and oxygen atoms in total. The number of nitrogens with zero attached hydrogens (tertiary/aromatic N) is 4. The summed E-state index contributed by atoms with van der Waals surface area (Å²) >= 11 is 0. The predicted molar refractivity (Wildman–Crippen MR) is 213 cm³/mol. The van der Waals surface area contributed by atoms with Crippen LogP contribution in [0, 0.1) is 0 Å². The largest absolute Gasteiger partial charge is 0.494 e. The Morgan fingerprint density at radius 3 is 1.34 bits per heavy atom. The van der Waals surface area contributed by atoms with Gasteiger partial charge in [0.1, 0.15) is 58.2 Å². The molecule has 4 aromatic heterocycles. The van der Waals surface area contributed by atoms with E-state index >= 15 is 0 Å². The molecule has 0 aliphatic heterocycles. The normalized spacial score (nSPS) is 10.3. The number of para-hydroxylation sites is 1. The highest BCUT2D eigenvalue weighted by Gasteiger charge is 2.20. The Balaban J connectivity index is 1.04. The molecule has 0 spiro atoms. The molecule has 5 N–H and O–H groups in total. The van der Waals surface area contributed by atoms with Gasteiger partial charge in [-0.1, -0.05) is 60.7 Å². The van der Waals surface area contributed by atoms with Crippen molar-refractivity contribution in [1.82, 2.24) is 19.9 Å². The lowest BCUT2D eigenvalue weighted by molar-refractivity contribution is 0.0596. The summed E-state index contributed by atoms with van der Waals surface area (Å²) in [6, 6.07) is 31.2. The standard InChI is InChI=1S/C41H33N9O9/c1-57-35-25(40(55)58-2)13-6-14-26(35)46-36(51)27-15-7-19-31(42-27)47-37(52)28-16-8-20-32(43-28)48-38(53)29-17-9-21-33(44-29)49-39(54)30-18-10-22-34(45-30)50-41(56)59-23-24-11-4-3-5-12-24/h3-22H,23H2,1-2H3,(H,46,51)(H,42,47,52)(H,43,48,53)(H,44,49,54)(H,45,50,56). The van der Waals surface area contributed by atoms with Gasteiger partial charge in [-0.3, -0.25) is 24.5 Å². The minimum Gasteiger partial charge on any atom is -0.494 e. The van der Waals surface area contributed by atoms with Gasteiger partial charge >= 0.3 is 12.1 Å². The molecular formula is C41H33N9O9. The van der Waals surface area contributed by atoms with E-state index in [0.717, 1.165) is 5.56 Å². The maximum atomic E-state index is 13.2. The lowest BCUT2D eigenvalue weighted by Gasteiger charge is -2.13. The smallest absolute Gasteiger partial charge is 0.413 e. The SMILES string of the molecule is COC(=O)c1cccc(NC(=O)c2cccc(NC(=O)c3cccc(NC(=O)c4cccc(NC(=O)c5cccc(NC(=O)OCc6ccccc6)n5)n4)n3)n2)c1OC. The van der Waals surface area contributed by atoms with E-state index in [4.69, 9.17) is 14.2 Å². The number of rotatable bonds is 13. The molecule has 4 heterocycles. The van der Waals surface area contributed by atoms with E-state index in [1.807, 2.05) is 30.3 Å². The summed E-state index contributed by atoms with van der Waals surface area (Å²) in [5.74, 6) is -3.12. The number of hydrogen-bond donors (Lipinski definition) is 5. The van der Waals surface area contributed by atoms with E-state index in [2.05, 4.69) is 46.5 Å². The van der Waals surface area contributed by atoms with Crippen LogP contribution in [0.5, 0.6) is 5.75 Å². The molecule has 0 saturated carbocycles. The number of aromatic nitrogens is 4. The molecule has 2 aromatic carbocycles. The molecule has 6 aromatic rings. The Kier molecular flexibility index (Phi) is 12.8. The summed E-state index contributed by atoms with van der Waals surface area (Å²) in [5.41, 5.74) is 0.812. The van der Waals surface area contributed by atoms with Gasteiger partial charge in [-0.15, -0.1) is 0 Å². The number of pyridine rings is 4. The van der Waals surface area contributed by atoms with Crippen molar-refractivity contribution in [2.75, 3.05) is 40.8 Å². The molecule has 59 heavy (non-hydrogen) atoms. The molecule has 296 valence electrons. The molecule has 0 aliphatic carbocycles. The topological polar surface area (TPSA) is 242 Å². The predicted octanol–water partition coefficient (Wildman–Crippen LogP) is 5.82. The molecule has 0 bridgehead atoms. The van der Waals surface area contributed by atoms with Crippen LogP contribution < -0.4 is 31.3 Å². The van der Waals surface area contributed by atoms with Crippen molar-refractivity contribution < 1.29 is 43.0 Å². The van der Waals surface area contributed by atoms with E-state index < -0.39 is 35.7 Å². The van der Waals surface area contributed by atoms with Crippen molar-refractivity contribution in [3.63, 3.8) is 0 Å². The maximum Gasteiger partial charge on any atom is 0.413 e. The van der Waals surface area contributed by atoms with Gasteiger partial charge in [0, 0.05) is 0 Å². The molecule has 5 amide bonds. The van der Waals surface area contributed by atoms with E-state index in [-0.39, 0.29) is 69.7 Å². The van der Waals surface area contributed by atoms with Crippen LogP contribution in [0.25, 0.3) is 0 Å². The molecule has 0 atom stereocenters. The third-order valence-electron chi connectivity index (χ3n) is 7.97. The fourth-order valence-electron chi connectivity index (χ4n) is 5.24. The molecular weight excluding hydrogens is 763 g/mol. The van der Waals surface area contributed by atoms with Crippen molar-refractivity contribution in [2.45, 2.75) is 6.61 Å². The van der Waals surface area contributed by atoms with Crippen molar-refractivity contribution >= 4 is 64.7 Å². The summed E-state index contributed by atoms with van der Waals surface area (Å²) in [6.07, 6.45) is -0.756. The van der Waals surface area contributed by atoms with Gasteiger partial charge in [0.15, 0.2) is 5.75 Å². The molecule has 6 rings (SSSR count). The van der Waals surface area contributed by atoms with Crippen LogP contribution in [-0.2, 0) is 16.1 Å². The molecule has 0 radical (unpaired) electrons. The van der Waals surface area contributed by atoms with E-state index in [0.29, 0.717) is 0 Å². The van der Waals surface area contributed by atoms with E-state index in [9.17, 15) is 28.8 Å². The number of esters is 1. The maximum absolute atomic E-state index is 13.2. The first-order valence-corrected chi connectivity index (χ1v) is 17.5. The van der Waals surface area contributed by atoms with Gasteiger partial charge < -0.3 is 35.5 Å². The zero-order valence-electron chi connectivity index (χ0n) is 31.2. The highest BCUT2D eigenvalue weighted by Crippen LogP contribution is 2.30. The Morgan fingerprint density at radius 1 is 0.475 bits per heavy atom. The third-order valence-corrected chi connectivity index (χ3v) is 7.97. The Morgan fingerprint density at radius 2 is 0.898 bits per heavy atom. The van der Waals surface area contributed by atoms with Gasteiger partial charge in [0.05, 0.1) is 19.9 Å². The van der Waals surface area contributed by atoms with Crippen LogP contribution >= 0.6 is 0 Å². The summed E-state index contributed by atoms with van der Waals surface area (Å²) in [7, 11) is 2.56. The highest BCUT2D eigenvalue weighted by molar-refractivity contribution is 6.07. The number of carbonyl (C=O) groups is 6. The fourth-order valence-corrected chi connectivity index (χ4v) is 5.24. The summed E-state index contributed by atoms with van der Waals surface area (Å²) in [6.45, 7) is 0.0479. The van der Waals surface area contributed by atoms with Crippen LogP contribution in [0.4, 0.5) is 33.8 Å². The van der Waals surface area contributed by atoms with Gasteiger partial charge in [-0.05, 0) is 66.2 Å². The molecule has 0 unspecified atom stereocenters. The minimum absolute atomic E-state index is 0.0129. The summed E-state index contributed by atoms with van der Waals surface area (Å²) in [5, 5.41) is 12.8. The second-order valence-corrected chi connectivity index (χ2v) is 12.0. The van der Waals surface area contributed by atoms with Gasteiger partial charge in [0.25, 0.3) is 23.6 Å². The quantitative estimate of drug-likeness (QED) is 0.0867. The lowest BCUT2D eigenvalue weighted by atomic mass is 10.1. The first kappa shape index (κ1) is 40.1. The molecule has 0 aliphatic rings. The van der Waals surface area contributed by atoms with Gasteiger partial charge in [-0.25, -0.2) is 29.5 Å². The Bertz CT molecular complexity index is 2550. The average molecular weight is 796 g/mol. The first-order chi connectivity index (χ1) is 28.6. The fraction of sp³-hybridized carbons (Fsp3) is 0.0732. The van der Waals surface area contributed by atoms with Crippen LogP contribution in [0.3, 0.4) is 0 Å². The zero-order chi connectivity index (χ0) is 41.7. The minimum atomic E-state index is -0.756. The first-order valence-electron chi connectivity index (χ1n) is 17.5. The van der Waals surface area contributed by atoms with Crippen molar-refractivity contribution in [2.24, 2.45) is 0 Å². The van der Waals surface area contributed by atoms with Crippen LogP contribution in [0.2, 0.25) is 0 Å². The number of benzene rings is 2. The second-order valence-electron chi connectivity index (χ2n) is 12.0. The summed E-state index contributed by atoms with van der Waals surface area (Å²) < 4.78 is 15.3. The van der Waals surface area contributed by atoms with Crippen LogP contribution in [0.1, 0.15) is 57.9 Å². The molecule has 0 saturated heterocycles. The zero-order valence-corrected chi connectivity index (χ0v) is 31.2. The Labute approximate surface area is 335 Å².